The van der Waals surface area contributed by atoms with Crippen LogP contribution in [0.2, 0.25) is 10.0 Å². The number of hydrogen-bond acceptors (Lipinski definition) is 4. The van der Waals surface area contributed by atoms with Gasteiger partial charge in [-0.15, -0.1) is 0 Å². The van der Waals surface area contributed by atoms with Crippen LogP contribution in [0.25, 0.3) is 0 Å². The number of aromatic nitrogens is 2. The van der Waals surface area contributed by atoms with Crippen molar-refractivity contribution in [3.05, 3.63) is 80.6 Å². The fourth-order valence-corrected chi connectivity index (χ4v) is 2.86. The Bertz CT molecular complexity index is 991. The molecule has 0 aliphatic rings. The molecule has 3 aromatic rings. The maximum Gasteiger partial charge on any atom is 0.269 e. The number of non-ortho nitro benzene ring substituents is 1. The zero-order valence-electron chi connectivity index (χ0n) is 13.7. The van der Waals surface area contributed by atoms with Crippen molar-refractivity contribution in [1.82, 2.24) is 9.78 Å². The van der Waals surface area contributed by atoms with Gasteiger partial charge in [0, 0.05) is 24.0 Å². The molecule has 138 valence electrons. The summed E-state index contributed by atoms with van der Waals surface area (Å²) in [5.74, 6) is 0. The fourth-order valence-electron chi connectivity index (χ4n) is 2.30. The number of hydrogen-bond donors (Lipinski definition) is 2. The van der Waals surface area contributed by atoms with Gasteiger partial charge in [-0.05, 0) is 42.0 Å². The largest absolute Gasteiger partial charge is 0.332 e. The number of thiocarbonyl (C=S) groups is 1. The second-order valence-electron chi connectivity index (χ2n) is 5.56. The van der Waals surface area contributed by atoms with Gasteiger partial charge in [-0.3, -0.25) is 14.8 Å². The summed E-state index contributed by atoms with van der Waals surface area (Å²) in [6.07, 6.45) is 3.44. The molecule has 1 aromatic heterocycles. The number of rotatable bonds is 5. The van der Waals surface area contributed by atoms with E-state index >= 15 is 0 Å². The molecule has 0 saturated heterocycles. The Balaban J connectivity index is 1.58. The first-order valence-corrected chi connectivity index (χ1v) is 8.86. The van der Waals surface area contributed by atoms with Gasteiger partial charge in [0.05, 0.1) is 33.4 Å². The van der Waals surface area contributed by atoms with Crippen molar-refractivity contribution in [2.24, 2.45) is 0 Å². The molecule has 3 rings (SSSR count). The SMILES string of the molecule is O=[N+]([O-])c1ccc(NC(=S)Nc2cnn(Cc3ccc(Cl)c(Cl)c3)c2)cc1. The Labute approximate surface area is 170 Å². The zero-order chi connectivity index (χ0) is 19.4. The van der Waals surface area contributed by atoms with Gasteiger partial charge < -0.3 is 10.6 Å². The highest BCUT2D eigenvalue weighted by atomic mass is 35.5. The topological polar surface area (TPSA) is 85.0 Å². The van der Waals surface area contributed by atoms with Crippen molar-refractivity contribution in [3.8, 4) is 0 Å². The predicted molar refractivity (Wildman–Crippen MR) is 111 cm³/mol. The molecule has 27 heavy (non-hydrogen) atoms. The molecule has 2 aromatic carbocycles. The lowest BCUT2D eigenvalue weighted by molar-refractivity contribution is -0.384. The number of benzene rings is 2. The van der Waals surface area contributed by atoms with Crippen molar-refractivity contribution in [1.29, 1.82) is 0 Å². The Morgan fingerprint density at radius 1 is 1.11 bits per heavy atom. The fraction of sp³-hybridized carbons (Fsp3) is 0.0588. The average Bonchev–Trinajstić information content (AvgIpc) is 3.05. The van der Waals surface area contributed by atoms with Gasteiger partial charge in [0.15, 0.2) is 5.11 Å². The molecule has 1 heterocycles. The number of halogens is 2. The predicted octanol–water partition coefficient (Wildman–Crippen LogP) is 4.96. The zero-order valence-corrected chi connectivity index (χ0v) is 16.1. The first-order chi connectivity index (χ1) is 12.9. The minimum Gasteiger partial charge on any atom is -0.332 e. The second kappa shape index (κ2) is 8.34. The van der Waals surface area contributed by atoms with Crippen LogP contribution in [0.15, 0.2) is 54.9 Å². The van der Waals surface area contributed by atoms with E-state index in [1.165, 1.54) is 12.1 Å². The average molecular weight is 422 g/mol. The lowest BCUT2D eigenvalue weighted by atomic mass is 10.2. The molecular weight excluding hydrogens is 409 g/mol. The molecule has 0 aliphatic heterocycles. The summed E-state index contributed by atoms with van der Waals surface area (Å²) in [5, 5.41) is 22.3. The standard InChI is InChI=1S/C17H13Cl2N5O2S/c18-15-6-1-11(7-16(15)19)9-23-10-13(8-20-23)22-17(27)21-12-2-4-14(5-3-12)24(25)26/h1-8,10H,9H2,(H2,21,22,27). The lowest BCUT2D eigenvalue weighted by Crippen LogP contribution is -2.18. The molecule has 0 fully saturated rings. The highest BCUT2D eigenvalue weighted by Crippen LogP contribution is 2.23. The van der Waals surface area contributed by atoms with E-state index in [1.54, 1.807) is 41.3 Å². The Morgan fingerprint density at radius 2 is 1.81 bits per heavy atom. The van der Waals surface area contributed by atoms with Gasteiger partial charge in [0.25, 0.3) is 5.69 Å². The molecular formula is C17H13Cl2N5O2S. The molecule has 0 amide bonds. The third-order valence-electron chi connectivity index (χ3n) is 3.56. The van der Waals surface area contributed by atoms with Crippen LogP contribution in [0.1, 0.15) is 5.56 Å². The number of anilines is 2. The second-order valence-corrected chi connectivity index (χ2v) is 6.78. The normalized spacial score (nSPS) is 10.4. The van der Waals surface area contributed by atoms with Crippen LogP contribution in [-0.2, 0) is 6.54 Å². The monoisotopic (exact) mass is 421 g/mol. The van der Waals surface area contributed by atoms with Crippen molar-refractivity contribution in [2.45, 2.75) is 6.54 Å². The van der Waals surface area contributed by atoms with E-state index in [4.69, 9.17) is 35.4 Å². The van der Waals surface area contributed by atoms with Crippen LogP contribution >= 0.6 is 35.4 Å². The van der Waals surface area contributed by atoms with E-state index in [0.29, 0.717) is 33.1 Å². The summed E-state index contributed by atoms with van der Waals surface area (Å²) in [7, 11) is 0. The van der Waals surface area contributed by atoms with Crippen LogP contribution < -0.4 is 10.6 Å². The van der Waals surface area contributed by atoms with Gasteiger partial charge in [-0.25, -0.2) is 0 Å². The van der Waals surface area contributed by atoms with E-state index in [1.807, 2.05) is 6.07 Å². The van der Waals surface area contributed by atoms with Crippen LogP contribution in [0.5, 0.6) is 0 Å². The number of nitro groups is 1. The summed E-state index contributed by atoms with van der Waals surface area (Å²) < 4.78 is 1.73. The Hall–Kier alpha value is -2.68. The summed E-state index contributed by atoms with van der Waals surface area (Å²) in [6, 6.07) is 11.4. The minimum absolute atomic E-state index is 0.0167. The molecule has 2 N–H and O–H groups in total. The summed E-state index contributed by atoms with van der Waals surface area (Å²) >= 11 is 17.2. The Morgan fingerprint density at radius 3 is 2.48 bits per heavy atom. The van der Waals surface area contributed by atoms with Gasteiger partial charge >= 0.3 is 0 Å². The minimum atomic E-state index is -0.456. The number of nitrogens with one attached hydrogen (secondary N) is 2. The molecule has 10 heteroatoms. The Kier molecular flexibility index (Phi) is 5.90. The molecule has 0 bridgehead atoms. The number of nitro benzene ring substituents is 1. The maximum absolute atomic E-state index is 10.7. The van der Waals surface area contributed by atoms with Gasteiger partial charge in [0.2, 0.25) is 0 Å². The van der Waals surface area contributed by atoms with Crippen molar-refractivity contribution in [3.63, 3.8) is 0 Å². The van der Waals surface area contributed by atoms with Gasteiger partial charge in [-0.1, -0.05) is 29.3 Å². The first kappa shape index (κ1) is 19.1. The van der Waals surface area contributed by atoms with E-state index in [-0.39, 0.29) is 5.69 Å². The van der Waals surface area contributed by atoms with E-state index in [9.17, 15) is 10.1 Å². The molecule has 0 saturated carbocycles. The van der Waals surface area contributed by atoms with Crippen LogP contribution in [0, 0.1) is 10.1 Å². The molecule has 0 unspecified atom stereocenters. The van der Waals surface area contributed by atoms with Crippen molar-refractivity contribution < 1.29 is 4.92 Å². The maximum atomic E-state index is 10.7. The quantitative estimate of drug-likeness (QED) is 0.344. The molecule has 7 nitrogen and oxygen atoms in total. The summed E-state index contributed by atoms with van der Waals surface area (Å²) in [6.45, 7) is 0.529. The van der Waals surface area contributed by atoms with Crippen molar-refractivity contribution >= 4 is 57.6 Å². The molecule has 0 radical (unpaired) electrons. The smallest absolute Gasteiger partial charge is 0.269 e. The third-order valence-corrected chi connectivity index (χ3v) is 4.50. The van der Waals surface area contributed by atoms with Crippen LogP contribution in [-0.4, -0.2) is 19.8 Å². The number of nitrogens with zero attached hydrogens (tertiary/aromatic N) is 3. The van der Waals surface area contributed by atoms with Crippen LogP contribution in [0.3, 0.4) is 0 Å². The van der Waals surface area contributed by atoms with E-state index in [2.05, 4.69) is 15.7 Å². The summed E-state index contributed by atoms with van der Waals surface area (Å²) in [5.41, 5.74) is 2.32. The highest BCUT2D eigenvalue weighted by Gasteiger charge is 2.07. The summed E-state index contributed by atoms with van der Waals surface area (Å²) in [4.78, 5) is 10.2. The van der Waals surface area contributed by atoms with Crippen molar-refractivity contribution in [2.75, 3.05) is 10.6 Å². The first-order valence-electron chi connectivity index (χ1n) is 7.69. The van der Waals surface area contributed by atoms with E-state index < -0.39 is 4.92 Å². The molecule has 0 spiro atoms. The molecule has 0 aliphatic carbocycles. The van der Waals surface area contributed by atoms with Gasteiger partial charge in [0.1, 0.15) is 0 Å². The van der Waals surface area contributed by atoms with Crippen LogP contribution in [0.4, 0.5) is 17.1 Å². The van der Waals surface area contributed by atoms with E-state index in [0.717, 1.165) is 5.56 Å². The highest BCUT2D eigenvalue weighted by molar-refractivity contribution is 7.80. The molecule has 0 atom stereocenters. The van der Waals surface area contributed by atoms with Gasteiger partial charge in [-0.2, -0.15) is 5.10 Å². The lowest BCUT2D eigenvalue weighted by Gasteiger charge is -2.08. The third kappa shape index (κ3) is 5.16.